The Hall–Kier alpha value is -1.85. The van der Waals surface area contributed by atoms with Gasteiger partial charge in [-0.05, 0) is 38.1 Å². The van der Waals surface area contributed by atoms with E-state index in [4.69, 9.17) is 9.47 Å². The lowest BCUT2D eigenvalue weighted by molar-refractivity contribution is 0.0240. The molecule has 5 heteroatoms. The Labute approximate surface area is 124 Å². The highest BCUT2D eigenvalue weighted by Gasteiger charge is 2.20. The second-order valence-electron chi connectivity index (χ2n) is 5.41. The van der Waals surface area contributed by atoms with Crippen LogP contribution in [0.25, 0.3) is 5.69 Å². The molecule has 1 atom stereocenters. The second kappa shape index (κ2) is 6.28. The summed E-state index contributed by atoms with van der Waals surface area (Å²) in [6, 6.07) is 8.05. The molecule has 2 heterocycles. The van der Waals surface area contributed by atoms with E-state index < -0.39 is 0 Å². The monoisotopic (exact) mass is 287 g/mol. The average Bonchev–Trinajstić information content (AvgIpc) is 2.98. The molecule has 1 aromatic carbocycles. The van der Waals surface area contributed by atoms with Gasteiger partial charge in [0.1, 0.15) is 11.9 Å². The lowest BCUT2D eigenvalue weighted by atomic mass is 10.2. The van der Waals surface area contributed by atoms with E-state index in [0.717, 1.165) is 36.8 Å². The van der Waals surface area contributed by atoms with Crippen molar-refractivity contribution in [3.8, 4) is 11.4 Å². The first-order valence-electron chi connectivity index (χ1n) is 7.35. The molecule has 0 aliphatic carbocycles. The maximum Gasteiger partial charge on any atom is 0.119 e. The molecule has 1 N–H and O–H groups in total. The topological polar surface area (TPSA) is 48.3 Å². The minimum atomic E-state index is 0.0489. The molecule has 0 radical (unpaired) electrons. The highest BCUT2D eigenvalue weighted by molar-refractivity contribution is 5.39. The number of hydrogen-bond acceptors (Lipinski definition) is 4. The molecule has 0 amide bonds. The van der Waals surface area contributed by atoms with Gasteiger partial charge >= 0.3 is 0 Å². The van der Waals surface area contributed by atoms with Crippen molar-refractivity contribution in [3.05, 3.63) is 42.5 Å². The molecule has 1 aliphatic rings. The van der Waals surface area contributed by atoms with E-state index in [1.165, 1.54) is 0 Å². The number of hydrogen-bond donors (Lipinski definition) is 1. The van der Waals surface area contributed by atoms with E-state index in [1.54, 1.807) is 0 Å². The summed E-state index contributed by atoms with van der Waals surface area (Å²) in [6.45, 7) is 6.51. The van der Waals surface area contributed by atoms with Crippen LogP contribution in [0.3, 0.4) is 0 Å². The molecule has 112 valence electrons. The van der Waals surface area contributed by atoms with Gasteiger partial charge in [-0.15, -0.1) is 0 Å². The van der Waals surface area contributed by atoms with Crippen molar-refractivity contribution in [1.82, 2.24) is 14.9 Å². The molecule has 1 unspecified atom stereocenters. The number of nitrogens with zero attached hydrogens (tertiary/aromatic N) is 2. The molecular weight excluding hydrogens is 266 g/mol. The van der Waals surface area contributed by atoms with Gasteiger partial charge in [0.15, 0.2) is 0 Å². The van der Waals surface area contributed by atoms with E-state index in [-0.39, 0.29) is 12.2 Å². The molecule has 5 nitrogen and oxygen atoms in total. The van der Waals surface area contributed by atoms with E-state index >= 15 is 0 Å². The molecular formula is C16H21N3O2. The SMILES string of the molecule is CC(C)Oc1ccc(-n2cncc2C2CNCCO2)cc1. The quantitative estimate of drug-likeness (QED) is 0.937. The fraction of sp³-hybridized carbons (Fsp3) is 0.438. The first-order chi connectivity index (χ1) is 10.2. The maximum atomic E-state index is 5.81. The Morgan fingerprint density at radius 3 is 2.81 bits per heavy atom. The highest BCUT2D eigenvalue weighted by Crippen LogP contribution is 2.23. The minimum absolute atomic E-state index is 0.0489. The molecule has 1 aromatic heterocycles. The van der Waals surface area contributed by atoms with E-state index in [2.05, 4.69) is 14.9 Å². The number of ether oxygens (including phenoxy) is 2. The van der Waals surface area contributed by atoms with E-state index in [9.17, 15) is 0 Å². The van der Waals surface area contributed by atoms with Crippen LogP contribution in [0, 0.1) is 0 Å². The van der Waals surface area contributed by atoms with Crippen LogP contribution in [0.4, 0.5) is 0 Å². The Balaban J connectivity index is 1.82. The molecule has 1 aliphatic heterocycles. The minimum Gasteiger partial charge on any atom is -0.491 e. The molecule has 2 aromatic rings. The van der Waals surface area contributed by atoms with Gasteiger partial charge in [0, 0.05) is 18.8 Å². The smallest absolute Gasteiger partial charge is 0.119 e. The molecule has 0 saturated carbocycles. The van der Waals surface area contributed by atoms with Crippen molar-refractivity contribution >= 4 is 0 Å². The van der Waals surface area contributed by atoms with Gasteiger partial charge in [-0.25, -0.2) is 4.98 Å². The zero-order valence-electron chi connectivity index (χ0n) is 12.5. The second-order valence-corrected chi connectivity index (χ2v) is 5.41. The summed E-state index contributed by atoms with van der Waals surface area (Å²) < 4.78 is 13.6. The van der Waals surface area contributed by atoms with Crippen LogP contribution in [0.1, 0.15) is 25.6 Å². The fourth-order valence-corrected chi connectivity index (χ4v) is 2.47. The van der Waals surface area contributed by atoms with Gasteiger partial charge in [0.2, 0.25) is 0 Å². The molecule has 21 heavy (non-hydrogen) atoms. The van der Waals surface area contributed by atoms with Gasteiger partial charge in [-0.3, -0.25) is 0 Å². The summed E-state index contributed by atoms with van der Waals surface area (Å²) >= 11 is 0. The van der Waals surface area contributed by atoms with Crippen LogP contribution in [0.5, 0.6) is 5.75 Å². The summed E-state index contributed by atoms with van der Waals surface area (Å²) in [5.74, 6) is 0.881. The number of rotatable bonds is 4. The van der Waals surface area contributed by atoms with Crippen LogP contribution in [0.2, 0.25) is 0 Å². The van der Waals surface area contributed by atoms with Gasteiger partial charge in [-0.2, -0.15) is 0 Å². The van der Waals surface area contributed by atoms with Crippen molar-refractivity contribution in [3.63, 3.8) is 0 Å². The van der Waals surface area contributed by atoms with Crippen LogP contribution in [-0.4, -0.2) is 35.4 Å². The van der Waals surface area contributed by atoms with Crippen LogP contribution >= 0.6 is 0 Å². The third-order valence-electron chi connectivity index (χ3n) is 3.41. The van der Waals surface area contributed by atoms with Gasteiger partial charge in [0.05, 0.1) is 30.9 Å². The van der Waals surface area contributed by atoms with Crippen molar-refractivity contribution < 1.29 is 9.47 Å². The molecule has 1 saturated heterocycles. The molecule has 0 bridgehead atoms. The van der Waals surface area contributed by atoms with Gasteiger partial charge in [-0.1, -0.05) is 0 Å². The van der Waals surface area contributed by atoms with Crippen molar-refractivity contribution in [2.45, 2.75) is 26.1 Å². The maximum absolute atomic E-state index is 5.81. The third-order valence-corrected chi connectivity index (χ3v) is 3.41. The first-order valence-corrected chi connectivity index (χ1v) is 7.35. The van der Waals surface area contributed by atoms with Crippen molar-refractivity contribution in [2.75, 3.05) is 19.7 Å². The summed E-state index contributed by atoms with van der Waals surface area (Å²) in [5.41, 5.74) is 2.13. The zero-order chi connectivity index (χ0) is 14.7. The predicted octanol–water partition coefficient (Wildman–Crippen LogP) is 2.32. The summed E-state index contributed by atoms with van der Waals surface area (Å²) in [6.07, 6.45) is 3.93. The average molecular weight is 287 g/mol. The van der Waals surface area contributed by atoms with Crippen molar-refractivity contribution in [2.24, 2.45) is 0 Å². The van der Waals surface area contributed by atoms with E-state index in [0.29, 0.717) is 0 Å². The van der Waals surface area contributed by atoms with Gasteiger partial charge < -0.3 is 19.4 Å². The Morgan fingerprint density at radius 2 is 2.14 bits per heavy atom. The highest BCUT2D eigenvalue weighted by atomic mass is 16.5. The molecule has 0 spiro atoms. The number of benzene rings is 1. The first kappa shape index (κ1) is 14.1. The van der Waals surface area contributed by atoms with Crippen LogP contribution in [-0.2, 0) is 4.74 Å². The standard InChI is InChI=1S/C16H21N3O2/c1-12(2)21-14-5-3-13(4-6-14)19-11-18-9-15(19)16-10-17-7-8-20-16/h3-6,9,11-12,16-17H,7-8,10H2,1-2H3. The predicted molar refractivity (Wildman–Crippen MR) is 80.9 cm³/mol. The normalized spacial score (nSPS) is 18.9. The Kier molecular flexibility index (Phi) is 4.22. The number of aromatic nitrogens is 2. The summed E-state index contributed by atoms with van der Waals surface area (Å²) in [5, 5.41) is 3.35. The number of nitrogens with one attached hydrogen (secondary N) is 1. The number of morpholine rings is 1. The van der Waals surface area contributed by atoms with Gasteiger partial charge in [0.25, 0.3) is 0 Å². The van der Waals surface area contributed by atoms with Crippen LogP contribution in [0.15, 0.2) is 36.8 Å². The summed E-state index contributed by atoms with van der Waals surface area (Å²) in [7, 11) is 0. The van der Waals surface area contributed by atoms with Crippen molar-refractivity contribution in [1.29, 1.82) is 0 Å². The molecule has 1 fully saturated rings. The zero-order valence-corrected chi connectivity index (χ0v) is 12.5. The van der Waals surface area contributed by atoms with Crippen LogP contribution < -0.4 is 10.1 Å². The lowest BCUT2D eigenvalue weighted by Gasteiger charge is -2.24. The third kappa shape index (κ3) is 3.25. The Morgan fingerprint density at radius 1 is 1.33 bits per heavy atom. The van der Waals surface area contributed by atoms with E-state index in [1.807, 2.05) is 50.6 Å². The number of imidazole rings is 1. The lowest BCUT2D eigenvalue weighted by Crippen LogP contribution is -2.34. The fourth-order valence-electron chi connectivity index (χ4n) is 2.47. The molecule has 3 rings (SSSR count). The largest absolute Gasteiger partial charge is 0.491 e. The Bertz CT molecular complexity index is 571. The summed E-state index contributed by atoms with van der Waals surface area (Å²) in [4.78, 5) is 4.27.